The molecule has 0 radical (unpaired) electrons. The predicted octanol–water partition coefficient (Wildman–Crippen LogP) is 3.79. The number of aliphatic imine (C=N–C) groups is 1. The van der Waals surface area contributed by atoms with Gasteiger partial charge in [-0.1, -0.05) is 18.6 Å². The van der Waals surface area contributed by atoms with Gasteiger partial charge < -0.3 is 19.9 Å². The molecular formula is C24H38N6O. The molecule has 2 N–H and O–H groups in total. The highest BCUT2D eigenvalue weighted by molar-refractivity contribution is 5.79. The van der Waals surface area contributed by atoms with Gasteiger partial charge in [-0.25, -0.2) is 0 Å². The van der Waals surface area contributed by atoms with Crippen LogP contribution >= 0.6 is 0 Å². The van der Waals surface area contributed by atoms with E-state index in [1.54, 1.807) is 7.05 Å². The fraction of sp³-hybridized carbons (Fsp3) is 0.625. The number of rotatable bonds is 7. The third-order valence-corrected chi connectivity index (χ3v) is 5.36. The fourth-order valence-electron chi connectivity index (χ4n) is 3.82. The number of hydrogen-bond acceptors (Lipinski definition) is 4. The summed E-state index contributed by atoms with van der Waals surface area (Å²) in [6, 6.07) is 6.33. The highest BCUT2D eigenvalue weighted by Crippen LogP contribution is 2.24. The molecular weight excluding hydrogens is 388 g/mol. The number of nitrogens with zero attached hydrogens (tertiary/aromatic N) is 4. The normalized spacial score (nSPS) is 14.7. The minimum Gasteiger partial charge on any atom is -0.488 e. The van der Waals surface area contributed by atoms with Crippen molar-refractivity contribution in [2.75, 3.05) is 13.6 Å². The second-order valence-electron chi connectivity index (χ2n) is 9.28. The predicted molar refractivity (Wildman–Crippen MR) is 126 cm³/mol. The van der Waals surface area contributed by atoms with Gasteiger partial charge in [0.2, 0.25) is 0 Å². The SMILES string of the molecule is CN=C(NCCCc1nnc2n1CCCCC2)NCc1ccc(C)cc1OC(C)(C)C. The Labute approximate surface area is 186 Å². The number of aromatic nitrogens is 3. The van der Waals surface area contributed by atoms with Crippen LogP contribution in [0.25, 0.3) is 0 Å². The summed E-state index contributed by atoms with van der Waals surface area (Å²) in [5.41, 5.74) is 2.08. The van der Waals surface area contributed by atoms with Gasteiger partial charge in [0.15, 0.2) is 5.96 Å². The lowest BCUT2D eigenvalue weighted by Gasteiger charge is -2.24. The maximum atomic E-state index is 6.16. The Bertz CT molecular complexity index is 881. The average Bonchev–Trinajstić information content (AvgIpc) is 2.93. The van der Waals surface area contributed by atoms with E-state index in [9.17, 15) is 0 Å². The van der Waals surface area contributed by atoms with Gasteiger partial charge in [-0.15, -0.1) is 10.2 Å². The number of benzene rings is 1. The van der Waals surface area contributed by atoms with Crippen LogP contribution in [0, 0.1) is 6.92 Å². The van der Waals surface area contributed by atoms with Crippen LogP contribution < -0.4 is 15.4 Å². The zero-order valence-electron chi connectivity index (χ0n) is 19.8. The van der Waals surface area contributed by atoms with Crippen molar-refractivity contribution >= 4 is 5.96 Å². The lowest BCUT2D eigenvalue weighted by molar-refractivity contribution is 0.129. The standard InChI is InChI=1S/C24H38N6O/c1-18-12-13-19(20(16-18)31-24(2,3)4)17-27-23(25-5)26-14-9-11-22-29-28-21-10-7-6-8-15-30(21)22/h12-13,16H,6-11,14-15,17H2,1-5H3,(H2,25,26,27). The van der Waals surface area contributed by atoms with Gasteiger partial charge in [-0.05, 0) is 58.6 Å². The van der Waals surface area contributed by atoms with Crippen molar-refractivity contribution in [2.24, 2.45) is 4.99 Å². The molecule has 0 aliphatic carbocycles. The second kappa shape index (κ2) is 10.6. The molecule has 1 aromatic carbocycles. The molecule has 0 spiro atoms. The molecule has 170 valence electrons. The monoisotopic (exact) mass is 426 g/mol. The third-order valence-electron chi connectivity index (χ3n) is 5.36. The first kappa shape index (κ1) is 23.1. The summed E-state index contributed by atoms with van der Waals surface area (Å²) in [6.45, 7) is 10.8. The quantitative estimate of drug-likeness (QED) is 0.400. The highest BCUT2D eigenvalue weighted by Gasteiger charge is 2.16. The Morgan fingerprint density at radius 1 is 1.16 bits per heavy atom. The molecule has 1 aliphatic heterocycles. The molecule has 0 amide bonds. The van der Waals surface area contributed by atoms with Crippen molar-refractivity contribution in [1.82, 2.24) is 25.4 Å². The largest absolute Gasteiger partial charge is 0.488 e. The molecule has 3 rings (SSSR count). The van der Waals surface area contributed by atoms with E-state index in [2.05, 4.69) is 76.3 Å². The molecule has 7 heteroatoms. The molecule has 2 heterocycles. The zero-order chi connectivity index (χ0) is 22.3. The lowest BCUT2D eigenvalue weighted by atomic mass is 10.1. The van der Waals surface area contributed by atoms with E-state index >= 15 is 0 Å². The molecule has 7 nitrogen and oxygen atoms in total. The molecule has 2 aromatic rings. The van der Waals surface area contributed by atoms with Gasteiger partial charge in [0.05, 0.1) is 0 Å². The Hall–Kier alpha value is -2.57. The van der Waals surface area contributed by atoms with E-state index in [0.717, 1.165) is 61.3 Å². The summed E-state index contributed by atoms with van der Waals surface area (Å²) >= 11 is 0. The Morgan fingerprint density at radius 3 is 2.77 bits per heavy atom. The molecule has 0 saturated carbocycles. The van der Waals surface area contributed by atoms with Crippen LogP contribution in [0.1, 0.15) is 69.2 Å². The highest BCUT2D eigenvalue weighted by atomic mass is 16.5. The van der Waals surface area contributed by atoms with E-state index in [0.29, 0.717) is 6.54 Å². The van der Waals surface area contributed by atoms with Crippen molar-refractivity contribution in [3.05, 3.63) is 41.0 Å². The van der Waals surface area contributed by atoms with Crippen LogP contribution in [0.3, 0.4) is 0 Å². The van der Waals surface area contributed by atoms with Crippen molar-refractivity contribution < 1.29 is 4.74 Å². The minimum absolute atomic E-state index is 0.234. The van der Waals surface area contributed by atoms with Gasteiger partial charge in [0.1, 0.15) is 23.0 Å². The Kier molecular flexibility index (Phi) is 7.93. The first-order valence-corrected chi connectivity index (χ1v) is 11.5. The summed E-state index contributed by atoms with van der Waals surface area (Å²) in [7, 11) is 1.80. The number of hydrogen-bond donors (Lipinski definition) is 2. The minimum atomic E-state index is -0.234. The van der Waals surface area contributed by atoms with Crippen molar-refractivity contribution in [1.29, 1.82) is 0 Å². The van der Waals surface area contributed by atoms with E-state index in [1.165, 1.54) is 24.8 Å². The van der Waals surface area contributed by atoms with Crippen LogP contribution in [0.4, 0.5) is 0 Å². The van der Waals surface area contributed by atoms with E-state index in [1.807, 2.05) is 0 Å². The summed E-state index contributed by atoms with van der Waals surface area (Å²) in [5, 5.41) is 15.6. The first-order valence-electron chi connectivity index (χ1n) is 11.5. The zero-order valence-corrected chi connectivity index (χ0v) is 19.8. The molecule has 0 saturated heterocycles. The van der Waals surface area contributed by atoms with Crippen LogP contribution in [-0.4, -0.2) is 39.9 Å². The van der Waals surface area contributed by atoms with E-state index in [4.69, 9.17) is 4.74 Å². The topological polar surface area (TPSA) is 76.4 Å². The van der Waals surface area contributed by atoms with E-state index in [-0.39, 0.29) is 5.60 Å². The van der Waals surface area contributed by atoms with E-state index < -0.39 is 0 Å². The summed E-state index contributed by atoms with van der Waals surface area (Å²) < 4.78 is 8.49. The number of guanidine groups is 1. The number of aryl methyl sites for hydroxylation is 3. The molecule has 0 bridgehead atoms. The van der Waals surface area contributed by atoms with Gasteiger partial charge in [-0.3, -0.25) is 4.99 Å². The molecule has 1 aliphatic rings. The maximum absolute atomic E-state index is 6.16. The summed E-state index contributed by atoms with van der Waals surface area (Å²) in [4.78, 5) is 4.36. The van der Waals surface area contributed by atoms with Crippen LogP contribution in [0.2, 0.25) is 0 Å². The number of fused-ring (bicyclic) bond motifs is 1. The number of nitrogens with one attached hydrogen (secondary N) is 2. The number of ether oxygens (including phenoxy) is 1. The molecule has 0 unspecified atom stereocenters. The maximum Gasteiger partial charge on any atom is 0.191 e. The van der Waals surface area contributed by atoms with Crippen LogP contribution in [-0.2, 0) is 25.9 Å². The molecule has 0 fully saturated rings. The fourth-order valence-corrected chi connectivity index (χ4v) is 3.82. The molecule has 1 aromatic heterocycles. The van der Waals surface area contributed by atoms with Gasteiger partial charge in [-0.2, -0.15) is 0 Å². The van der Waals surface area contributed by atoms with Gasteiger partial charge >= 0.3 is 0 Å². The average molecular weight is 427 g/mol. The van der Waals surface area contributed by atoms with Gasteiger partial charge in [0.25, 0.3) is 0 Å². The first-order chi connectivity index (χ1) is 14.9. The summed E-state index contributed by atoms with van der Waals surface area (Å²) in [5.74, 6) is 3.99. The smallest absolute Gasteiger partial charge is 0.191 e. The lowest BCUT2D eigenvalue weighted by Crippen LogP contribution is -2.37. The Morgan fingerprint density at radius 2 is 2.00 bits per heavy atom. The van der Waals surface area contributed by atoms with Crippen LogP contribution in [0.15, 0.2) is 23.2 Å². The summed E-state index contributed by atoms with van der Waals surface area (Å²) in [6.07, 6.45) is 6.72. The molecule has 0 atom stereocenters. The van der Waals surface area contributed by atoms with Crippen molar-refractivity contribution in [2.45, 2.75) is 84.9 Å². The Balaban J connectivity index is 1.48. The van der Waals surface area contributed by atoms with Crippen molar-refractivity contribution in [3.8, 4) is 5.75 Å². The van der Waals surface area contributed by atoms with Crippen LogP contribution in [0.5, 0.6) is 5.75 Å². The second-order valence-corrected chi connectivity index (χ2v) is 9.28. The third kappa shape index (κ3) is 6.97. The van der Waals surface area contributed by atoms with Crippen molar-refractivity contribution in [3.63, 3.8) is 0 Å². The molecule has 31 heavy (non-hydrogen) atoms. The van der Waals surface area contributed by atoms with Gasteiger partial charge in [0, 0.05) is 45.1 Å².